The Hall–Kier alpha value is -3.23. The lowest BCUT2D eigenvalue weighted by molar-refractivity contribution is 0.102. The van der Waals surface area contributed by atoms with Crippen molar-refractivity contribution in [3.63, 3.8) is 0 Å². The Morgan fingerprint density at radius 2 is 1.67 bits per heavy atom. The van der Waals surface area contributed by atoms with Crippen molar-refractivity contribution < 1.29 is 22.3 Å². The molecule has 0 spiro atoms. The average Bonchev–Trinajstić information content (AvgIpc) is 2.74. The third-order valence-corrected chi connectivity index (χ3v) is 5.83. The molecule has 0 heterocycles. The lowest BCUT2D eigenvalue weighted by Gasteiger charge is -2.10. The van der Waals surface area contributed by atoms with Gasteiger partial charge in [-0.1, -0.05) is 29.8 Å². The van der Waals surface area contributed by atoms with Crippen LogP contribution in [0.15, 0.2) is 71.6 Å². The number of rotatable bonds is 7. The van der Waals surface area contributed by atoms with Crippen molar-refractivity contribution in [3.8, 4) is 5.75 Å². The number of sulfonamides is 1. The zero-order valence-corrected chi connectivity index (χ0v) is 17.3. The monoisotopic (exact) mass is 428 g/mol. The van der Waals surface area contributed by atoms with Crippen molar-refractivity contribution in [1.29, 1.82) is 0 Å². The number of carbonyl (C=O) groups is 1. The summed E-state index contributed by atoms with van der Waals surface area (Å²) in [6.07, 6.45) is 0. The number of hydrogen-bond donors (Lipinski definition) is 2. The first-order valence-electron chi connectivity index (χ1n) is 9.08. The molecule has 0 aliphatic rings. The number of hydrogen-bond acceptors (Lipinski definition) is 4. The van der Waals surface area contributed by atoms with E-state index in [1.165, 1.54) is 7.11 Å². The van der Waals surface area contributed by atoms with Crippen LogP contribution in [0.2, 0.25) is 0 Å². The van der Waals surface area contributed by atoms with Gasteiger partial charge in [0, 0.05) is 12.2 Å². The fourth-order valence-electron chi connectivity index (χ4n) is 2.69. The van der Waals surface area contributed by atoms with E-state index in [0.717, 1.165) is 29.3 Å². The zero-order chi connectivity index (χ0) is 21.7. The molecule has 0 aliphatic carbocycles. The second-order valence-electron chi connectivity index (χ2n) is 6.63. The van der Waals surface area contributed by atoms with Gasteiger partial charge in [-0.05, 0) is 55.0 Å². The van der Waals surface area contributed by atoms with Crippen LogP contribution in [0.1, 0.15) is 21.5 Å². The standard InChI is InChI=1S/C22H21FN2O4S/c1-15-3-5-16(6-4-15)14-24-30(27,28)19-11-12-21(23)20(13-19)22(26)25-17-7-9-18(29-2)10-8-17/h3-13,24H,14H2,1-2H3,(H,25,26). The van der Waals surface area contributed by atoms with Crippen LogP contribution < -0.4 is 14.8 Å². The van der Waals surface area contributed by atoms with Crippen LogP contribution in [0.25, 0.3) is 0 Å². The quantitative estimate of drug-likeness (QED) is 0.598. The second-order valence-corrected chi connectivity index (χ2v) is 8.40. The molecule has 8 heteroatoms. The lowest BCUT2D eigenvalue weighted by Crippen LogP contribution is -2.24. The van der Waals surface area contributed by atoms with E-state index in [1.54, 1.807) is 24.3 Å². The maximum atomic E-state index is 14.2. The number of ether oxygens (including phenoxy) is 1. The van der Waals surface area contributed by atoms with Gasteiger partial charge in [-0.2, -0.15) is 0 Å². The maximum Gasteiger partial charge on any atom is 0.258 e. The Morgan fingerprint density at radius 1 is 1.00 bits per heavy atom. The van der Waals surface area contributed by atoms with E-state index in [1.807, 2.05) is 31.2 Å². The highest BCUT2D eigenvalue weighted by molar-refractivity contribution is 7.89. The van der Waals surface area contributed by atoms with Gasteiger partial charge in [0.25, 0.3) is 5.91 Å². The van der Waals surface area contributed by atoms with Gasteiger partial charge in [-0.15, -0.1) is 0 Å². The maximum absolute atomic E-state index is 14.2. The van der Waals surface area contributed by atoms with Crippen LogP contribution in [-0.4, -0.2) is 21.4 Å². The number of carbonyl (C=O) groups excluding carboxylic acids is 1. The van der Waals surface area contributed by atoms with Crippen molar-refractivity contribution in [2.75, 3.05) is 12.4 Å². The van der Waals surface area contributed by atoms with Gasteiger partial charge in [-0.3, -0.25) is 4.79 Å². The van der Waals surface area contributed by atoms with E-state index in [-0.39, 0.29) is 17.0 Å². The molecule has 3 rings (SSSR count). The van der Waals surface area contributed by atoms with Gasteiger partial charge in [0.2, 0.25) is 10.0 Å². The molecule has 0 radical (unpaired) electrons. The van der Waals surface area contributed by atoms with Gasteiger partial charge in [0.05, 0.1) is 17.6 Å². The molecule has 6 nitrogen and oxygen atoms in total. The van der Waals surface area contributed by atoms with Gasteiger partial charge in [-0.25, -0.2) is 17.5 Å². The van der Waals surface area contributed by atoms with Crippen LogP contribution in [0.3, 0.4) is 0 Å². The number of methoxy groups -OCH3 is 1. The predicted octanol–water partition coefficient (Wildman–Crippen LogP) is 3.87. The summed E-state index contributed by atoms with van der Waals surface area (Å²) < 4.78 is 46.9. The van der Waals surface area contributed by atoms with Gasteiger partial charge >= 0.3 is 0 Å². The number of amides is 1. The Labute approximate surface area is 174 Å². The first-order valence-corrected chi connectivity index (χ1v) is 10.6. The second kappa shape index (κ2) is 9.06. The highest BCUT2D eigenvalue weighted by Crippen LogP contribution is 2.19. The summed E-state index contributed by atoms with van der Waals surface area (Å²) in [6, 6.07) is 17.0. The smallest absolute Gasteiger partial charge is 0.258 e. The average molecular weight is 428 g/mol. The number of anilines is 1. The molecule has 0 saturated carbocycles. The van der Waals surface area contributed by atoms with Crippen LogP contribution in [-0.2, 0) is 16.6 Å². The van der Waals surface area contributed by atoms with Crippen molar-refractivity contribution in [3.05, 3.63) is 89.2 Å². The summed E-state index contributed by atoms with van der Waals surface area (Å²) >= 11 is 0. The van der Waals surface area contributed by atoms with Crippen molar-refractivity contribution in [1.82, 2.24) is 4.72 Å². The minimum Gasteiger partial charge on any atom is -0.497 e. The molecule has 0 atom stereocenters. The van der Waals surface area contributed by atoms with E-state index in [4.69, 9.17) is 4.74 Å². The van der Waals surface area contributed by atoms with Crippen LogP contribution in [0.4, 0.5) is 10.1 Å². The summed E-state index contributed by atoms with van der Waals surface area (Å²) in [5.41, 5.74) is 1.89. The molecule has 0 unspecified atom stereocenters. The van der Waals surface area contributed by atoms with Crippen LogP contribution in [0, 0.1) is 12.7 Å². The lowest BCUT2D eigenvalue weighted by atomic mass is 10.2. The van der Waals surface area contributed by atoms with Crippen molar-refractivity contribution >= 4 is 21.6 Å². The van der Waals surface area contributed by atoms with E-state index < -0.39 is 21.7 Å². The molecule has 2 N–H and O–H groups in total. The Kier molecular flexibility index (Phi) is 6.49. The number of benzene rings is 3. The van der Waals surface area contributed by atoms with Gasteiger partial charge in [0.15, 0.2) is 0 Å². The number of nitrogens with one attached hydrogen (secondary N) is 2. The Balaban J connectivity index is 1.77. The normalized spacial score (nSPS) is 11.2. The van der Waals surface area contributed by atoms with E-state index >= 15 is 0 Å². The summed E-state index contributed by atoms with van der Waals surface area (Å²) in [4.78, 5) is 12.3. The first-order chi connectivity index (χ1) is 14.3. The third kappa shape index (κ3) is 5.22. The molecule has 3 aromatic carbocycles. The molecule has 0 bridgehead atoms. The van der Waals surface area contributed by atoms with E-state index in [2.05, 4.69) is 10.0 Å². The topological polar surface area (TPSA) is 84.5 Å². The summed E-state index contributed by atoms with van der Waals surface area (Å²) in [5, 5.41) is 2.54. The summed E-state index contributed by atoms with van der Waals surface area (Å²) in [5.74, 6) is -0.973. The summed E-state index contributed by atoms with van der Waals surface area (Å²) in [7, 11) is -2.42. The molecular weight excluding hydrogens is 407 g/mol. The molecule has 156 valence electrons. The molecule has 1 amide bonds. The summed E-state index contributed by atoms with van der Waals surface area (Å²) in [6.45, 7) is 2.01. The highest BCUT2D eigenvalue weighted by Gasteiger charge is 2.19. The Bertz CT molecular complexity index is 1140. The highest BCUT2D eigenvalue weighted by atomic mass is 32.2. The van der Waals surface area contributed by atoms with E-state index in [0.29, 0.717) is 11.4 Å². The molecule has 0 fully saturated rings. The van der Waals surface area contributed by atoms with Crippen LogP contribution >= 0.6 is 0 Å². The SMILES string of the molecule is COc1ccc(NC(=O)c2cc(S(=O)(=O)NCc3ccc(C)cc3)ccc2F)cc1. The fraction of sp³-hybridized carbons (Fsp3) is 0.136. The molecule has 0 saturated heterocycles. The molecule has 30 heavy (non-hydrogen) atoms. The molecular formula is C22H21FN2O4S. The van der Waals surface area contributed by atoms with Crippen LogP contribution in [0.5, 0.6) is 5.75 Å². The number of halogens is 1. The minimum atomic E-state index is -3.94. The molecule has 3 aromatic rings. The molecule has 0 aliphatic heterocycles. The molecule has 0 aromatic heterocycles. The predicted molar refractivity (Wildman–Crippen MR) is 113 cm³/mol. The largest absolute Gasteiger partial charge is 0.497 e. The number of aryl methyl sites for hydroxylation is 1. The van der Waals surface area contributed by atoms with Crippen molar-refractivity contribution in [2.45, 2.75) is 18.4 Å². The fourth-order valence-corrected chi connectivity index (χ4v) is 3.73. The van der Waals surface area contributed by atoms with Crippen molar-refractivity contribution in [2.24, 2.45) is 0 Å². The Morgan fingerprint density at radius 3 is 2.30 bits per heavy atom. The first kappa shape index (κ1) is 21.5. The van der Waals surface area contributed by atoms with E-state index in [9.17, 15) is 17.6 Å². The minimum absolute atomic E-state index is 0.0768. The zero-order valence-electron chi connectivity index (χ0n) is 16.5. The van der Waals surface area contributed by atoms with Gasteiger partial charge < -0.3 is 10.1 Å². The van der Waals surface area contributed by atoms with Gasteiger partial charge in [0.1, 0.15) is 11.6 Å². The third-order valence-electron chi connectivity index (χ3n) is 4.43.